The second-order valence-corrected chi connectivity index (χ2v) is 5.30. The number of benzene rings is 1. The first-order chi connectivity index (χ1) is 9.60. The molecule has 2 rings (SSSR count). The molecule has 0 aliphatic rings. The van der Waals surface area contributed by atoms with Gasteiger partial charge in [0.25, 0.3) is 0 Å². The fourth-order valence-corrected chi connectivity index (χ4v) is 2.33. The van der Waals surface area contributed by atoms with Gasteiger partial charge in [-0.15, -0.1) is 0 Å². The van der Waals surface area contributed by atoms with E-state index < -0.39 is 0 Å². The Morgan fingerprint density at radius 3 is 2.90 bits per heavy atom. The molecule has 2 aromatic rings. The molecule has 1 unspecified atom stereocenters. The van der Waals surface area contributed by atoms with Gasteiger partial charge in [-0.05, 0) is 31.9 Å². The maximum absolute atomic E-state index is 8.88. The van der Waals surface area contributed by atoms with Crippen molar-refractivity contribution in [3.8, 4) is 0 Å². The third-order valence-electron chi connectivity index (χ3n) is 3.53. The molecule has 0 spiro atoms. The first kappa shape index (κ1) is 14.8. The highest BCUT2D eigenvalue weighted by molar-refractivity contribution is 5.32. The Morgan fingerprint density at radius 1 is 1.35 bits per heavy atom. The molecule has 0 bridgehead atoms. The highest BCUT2D eigenvalue weighted by Crippen LogP contribution is 2.19. The van der Waals surface area contributed by atoms with Crippen molar-refractivity contribution >= 4 is 0 Å². The third-order valence-corrected chi connectivity index (χ3v) is 3.53. The van der Waals surface area contributed by atoms with Crippen molar-refractivity contribution in [2.75, 3.05) is 6.61 Å². The lowest BCUT2D eigenvalue weighted by molar-refractivity contribution is 0.269. The average molecular weight is 273 g/mol. The summed E-state index contributed by atoms with van der Waals surface area (Å²) in [5, 5.41) is 16.6. The van der Waals surface area contributed by atoms with Crippen LogP contribution in [-0.2, 0) is 13.1 Å². The molecule has 0 aliphatic carbocycles. The lowest BCUT2D eigenvalue weighted by atomic mass is 10.00. The lowest BCUT2D eigenvalue weighted by Gasteiger charge is -2.17. The monoisotopic (exact) mass is 273 g/mol. The fraction of sp³-hybridized carbons (Fsp3) is 0.438. The van der Waals surface area contributed by atoms with Crippen molar-refractivity contribution in [3.05, 3.63) is 52.8 Å². The van der Waals surface area contributed by atoms with Crippen LogP contribution in [0, 0.1) is 13.8 Å². The summed E-state index contributed by atoms with van der Waals surface area (Å²) in [5.41, 5.74) is 5.07. The number of aromatic nitrogens is 2. The Morgan fingerprint density at radius 2 is 2.15 bits per heavy atom. The maximum Gasteiger partial charge on any atom is 0.0640 e. The van der Waals surface area contributed by atoms with Crippen LogP contribution in [0.4, 0.5) is 0 Å². The molecular formula is C16H23N3O. The molecule has 108 valence electrons. The normalized spacial score (nSPS) is 12.6. The van der Waals surface area contributed by atoms with Crippen LogP contribution in [0.15, 0.2) is 30.6 Å². The molecule has 2 N–H and O–H groups in total. The minimum absolute atomic E-state index is 0.118. The Kier molecular flexibility index (Phi) is 4.93. The first-order valence-electron chi connectivity index (χ1n) is 7.03. The zero-order chi connectivity index (χ0) is 14.5. The molecule has 1 heterocycles. The van der Waals surface area contributed by atoms with Gasteiger partial charge in [-0.25, -0.2) is 0 Å². The Labute approximate surface area is 120 Å². The minimum Gasteiger partial charge on any atom is -0.394 e. The summed E-state index contributed by atoms with van der Waals surface area (Å²) in [5.74, 6) is 0. The summed E-state index contributed by atoms with van der Waals surface area (Å²) in [6.07, 6.45) is 3.82. The number of hydrogen-bond donors (Lipinski definition) is 2. The molecule has 1 aromatic heterocycles. The topological polar surface area (TPSA) is 50.1 Å². The number of hydrogen-bond acceptors (Lipinski definition) is 3. The largest absolute Gasteiger partial charge is 0.394 e. The third kappa shape index (κ3) is 3.68. The van der Waals surface area contributed by atoms with Gasteiger partial charge >= 0.3 is 0 Å². The molecule has 1 aromatic carbocycles. The molecule has 4 nitrogen and oxygen atoms in total. The van der Waals surface area contributed by atoms with Crippen LogP contribution < -0.4 is 5.32 Å². The first-order valence-corrected chi connectivity index (χ1v) is 7.03. The van der Waals surface area contributed by atoms with E-state index >= 15 is 0 Å². The SMILES string of the molecule is Cc1ccc(C)c(C(C)NCc2cnn(CCO)c2)c1. The van der Waals surface area contributed by atoms with E-state index in [1.807, 2.05) is 12.4 Å². The van der Waals surface area contributed by atoms with Crippen LogP contribution in [0.3, 0.4) is 0 Å². The van der Waals surface area contributed by atoms with Gasteiger partial charge in [0.05, 0.1) is 19.3 Å². The second kappa shape index (κ2) is 6.68. The van der Waals surface area contributed by atoms with Gasteiger partial charge in [0.15, 0.2) is 0 Å². The van der Waals surface area contributed by atoms with Crippen molar-refractivity contribution in [2.24, 2.45) is 0 Å². The van der Waals surface area contributed by atoms with Crippen molar-refractivity contribution in [2.45, 2.75) is 39.9 Å². The molecule has 0 saturated heterocycles. The second-order valence-electron chi connectivity index (χ2n) is 5.30. The standard InChI is InChI=1S/C16H23N3O/c1-12-4-5-13(2)16(8-12)14(3)17-9-15-10-18-19(11-15)6-7-20/h4-5,8,10-11,14,17,20H,6-7,9H2,1-3H3. The van der Waals surface area contributed by atoms with E-state index in [1.54, 1.807) is 4.68 Å². The summed E-state index contributed by atoms with van der Waals surface area (Å²) in [7, 11) is 0. The highest BCUT2D eigenvalue weighted by Gasteiger charge is 2.08. The summed E-state index contributed by atoms with van der Waals surface area (Å²) < 4.78 is 1.76. The number of aliphatic hydroxyl groups is 1. The zero-order valence-electron chi connectivity index (χ0n) is 12.4. The summed E-state index contributed by atoms with van der Waals surface area (Å²) in [4.78, 5) is 0. The van der Waals surface area contributed by atoms with Crippen LogP contribution in [0.5, 0.6) is 0 Å². The van der Waals surface area contributed by atoms with Gasteiger partial charge in [-0.3, -0.25) is 4.68 Å². The number of rotatable bonds is 6. The maximum atomic E-state index is 8.88. The van der Waals surface area contributed by atoms with Gasteiger partial charge in [0, 0.05) is 24.3 Å². The summed E-state index contributed by atoms with van der Waals surface area (Å²) in [6.45, 7) is 7.89. The lowest BCUT2D eigenvalue weighted by Crippen LogP contribution is -2.18. The van der Waals surface area contributed by atoms with E-state index in [4.69, 9.17) is 5.11 Å². The van der Waals surface area contributed by atoms with Crippen LogP contribution in [0.25, 0.3) is 0 Å². The summed E-state index contributed by atoms with van der Waals surface area (Å²) >= 11 is 0. The molecule has 0 fully saturated rings. The van der Waals surface area contributed by atoms with Gasteiger partial charge < -0.3 is 10.4 Å². The average Bonchev–Trinajstić information content (AvgIpc) is 2.87. The minimum atomic E-state index is 0.118. The van der Waals surface area contributed by atoms with Crippen molar-refractivity contribution in [1.29, 1.82) is 0 Å². The molecule has 1 atom stereocenters. The number of aryl methyl sites for hydroxylation is 2. The predicted octanol–water partition coefficient (Wildman–Crippen LogP) is 2.34. The van der Waals surface area contributed by atoms with Gasteiger partial charge in [0.1, 0.15) is 0 Å². The predicted molar refractivity (Wildman–Crippen MR) is 80.5 cm³/mol. The number of nitrogens with zero attached hydrogens (tertiary/aromatic N) is 2. The van der Waals surface area contributed by atoms with E-state index in [0.717, 1.165) is 12.1 Å². The van der Waals surface area contributed by atoms with E-state index in [-0.39, 0.29) is 6.61 Å². The van der Waals surface area contributed by atoms with Crippen molar-refractivity contribution in [1.82, 2.24) is 15.1 Å². The van der Waals surface area contributed by atoms with Gasteiger partial charge in [-0.2, -0.15) is 5.10 Å². The van der Waals surface area contributed by atoms with E-state index in [1.165, 1.54) is 16.7 Å². The smallest absolute Gasteiger partial charge is 0.0640 e. The van der Waals surface area contributed by atoms with Gasteiger partial charge in [-0.1, -0.05) is 23.8 Å². The molecule has 0 radical (unpaired) electrons. The Balaban J connectivity index is 1.97. The molecular weight excluding hydrogens is 250 g/mol. The molecule has 4 heteroatoms. The van der Waals surface area contributed by atoms with E-state index in [9.17, 15) is 0 Å². The fourth-order valence-electron chi connectivity index (χ4n) is 2.33. The quantitative estimate of drug-likeness (QED) is 0.849. The van der Waals surface area contributed by atoms with Crippen molar-refractivity contribution < 1.29 is 5.11 Å². The molecule has 20 heavy (non-hydrogen) atoms. The Bertz CT molecular complexity index is 563. The zero-order valence-corrected chi connectivity index (χ0v) is 12.4. The van der Waals surface area contributed by atoms with Crippen LogP contribution >= 0.6 is 0 Å². The van der Waals surface area contributed by atoms with E-state index in [2.05, 4.69) is 49.4 Å². The van der Waals surface area contributed by atoms with Gasteiger partial charge in [0.2, 0.25) is 0 Å². The van der Waals surface area contributed by atoms with Crippen LogP contribution in [0.2, 0.25) is 0 Å². The highest BCUT2D eigenvalue weighted by atomic mass is 16.3. The Hall–Kier alpha value is -1.65. The summed E-state index contributed by atoms with van der Waals surface area (Å²) in [6, 6.07) is 6.85. The number of nitrogens with one attached hydrogen (secondary N) is 1. The molecule has 0 aliphatic heterocycles. The van der Waals surface area contributed by atoms with Crippen LogP contribution in [-0.4, -0.2) is 21.5 Å². The van der Waals surface area contributed by atoms with E-state index in [0.29, 0.717) is 12.6 Å². The molecule has 0 amide bonds. The van der Waals surface area contributed by atoms with Crippen molar-refractivity contribution in [3.63, 3.8) is 0 Å². The molecule has 0 saturated carbocycles. The van der Waals surface area contributed by atoms with Crippen LogP contribution in [0.1, 0.15) is 35.2 Å². The number of aliphatic hydroxyl groups excluding tert-OH is 1.